The van der Waals surface area contributed by atoms with Crippen LogP contribution in [0.5, 0.6) is 0 Å². The Morgan fingerprint density at radius 2 is 1.85 bits per heavy atom. The van der Waals surface area contributed by atoms with Crippen LogP contribution in [0, 0.1) is 11.3 Å². The maximum absolute atomic E-state index is 12.5. The number of nitrogens with zero attached hydrogens (tertiary/aromatic N) is 2. The van der Waals surface area contributed by atoms with Crippen LogP contribution >= 0.6 is 11.8 Å². The summed E-state index contributed by atoms with van der Waals surface area (Å²) in [7, 11) is 4.02. The fourth-order valence-electron chi connectivity index (χ4n) is 2.28. The Morgan fingerprint density at radius 3 is 2.56 bits per heavy atom. The Balaban J connectivity index is 2.00. The van der Waals surface area contributed by atoms with Gasteiger partial charge in [-0.1, -0.05) is 42.1 Å². The molecule has 0 heterocycles. The van der Waals surface area contributed by atoms with Gasteiger partial charge in [0.25, 0.3) is 5.91 Å². The van der Waals surface area contributed by atoms with Crippen LogP contribution in [0.15, 0.2) is 76.2 Å². The molecule has 140 valence electrons. The van der Waals surface area contributed by atoms with Crippen LogP contribution in [-0.4, -0.2) is 38.0 Å². The van der Waals surface area contributed by atoms with Gasteiger partial charge in [-0.05, 0) is 51.3 Å². The van der Waals surface area contributed by atoms with Crippen molar-refractivity contribution in [3.05, 3.63) is 66.4 Å². The third-order valence-electron chi connectivity index (χ3n) is 3.64. The molecular weight excluding hydrogens is 356 g/mol. The number of rotatable bonds is 9. The van der Waals surface area contributed by atoms with Crippen LogP contribution in [0.2, 0.25) is 0 Å². The van der Waals surface area contributed by atoms with Crippen LogP contribution in [-0.2, 0) is 4.79 Å². The van der Waals surface area contributed by atoms with E-state index in [1.165, 1.54) is 6.20 Å². The van der Waals surface area contributed by atoms with Gasteiger partial charge < -0.3 is 15.5 Å². The Hall–Kier alpha value is -2.75. The maximum Gasteiger partial charge on any atom is 0.267 e. The van der Waals surface area contributed by atoms with Crippen LogP contribution in [0.1, 0.15) is 6.42 Å². The van der Waals surface area contributed by atoms with Crippen molar-refractivity contribution in [3.63, 3.8) is 0 Å². The number of carbonyl (C=O) groups is 1. The molecule has 0 atom stereocenters. The van der Waals surface area contributed by atoms with Gasteiger partial charge in [-0.15, -0.1) is 0 Å². The largest absolute Gasteiger partial charge is 0.390 e. The molecular formula is C21H24N4OS. The Kier molecular flexibility index (Phi) is 8.43. The summed E-state index contributed by atoms with van der Waals surface area (Å²) >= 11 is 1.57. The number of nitriles is 1. The lowest BCUT2D eigenvalue weighted by molar-refractivity contribution is -0.112. The first-order valence-corrected chi connectivity index (χ1v) is 9.53. The number of para-hydroxylation sites is 1. The molecule has 2 rings (SSSR count). The third kappa shape index (κ3) is 7.18. The second-order valence-electron chi connectivity index (χ2n) is 6.15. The summed E-state index contributed by atoms with van der Waals surface area (Å²) in [5, 5.41) is 15.2. The van der Waals surface area contributed by atoms with Gasteiger partial charge in [-0.2, -0.15) is 5.26 Å². The number of benzene rings is 2. The molecule has 2 aromatic rings. The first-order chi connectivity index (χ1) is 13.1. The first kappa shape index (κ1) is 20.6. The van der Waals surface area contributed by atoms with Gasteiger partial charge >= 0.3 is 0 Å². The molecule has 0 saturated carbocycles. The number of hydrogen-bond acceptors (Lipinski definition) is 5. The molecule has 27 heavy (non-hydrogen) atoms. The second-order valence-corrected chi connectivity index (χ2v) is 7.26. The van der Waals surface area contributed by atoms with E-state index in [1.54, 1.807) is 11.8 Å². The van der Waals surface area contributed by atoms with Gasteiger partial charge in [-0.3, -0.25) is 4.79 Å². The van der Waals surface area contributed by atoms with E-state index in [0.717, 1.165) is 22.8 Å². The Morgan fingerprint density at radius 1 is 1.15 bits per heavy atom. The first-order valence-electron chi connectivity index (χ1n) is 8.72. The van der Waals surface area contributed by atoms with E-state index in [-0.39, 0.29) is 5.57 Å². The summed E-state index contributed by atoms with van der Waals surface area (Å²) in [5.74, 6) is -0.418. The van der Waals surface area contributed by atoms with E-state index in [0.29, 0.717) is 12.2 Å². The highest BCUT2D eigenvalue weighted by Gasteiger charge is 2.12. The van der Waals surface area contributed by atoms with Crippen LogP contribution in [0.25, 0.3) is 0 Å². The van der Waals surface area contributed by atoms with E-state index in [4.69, 9.17) is 0 Å². The minimum atomic E-state index is -0.418. The Labute approximate surface area is 165 Å². The lowest BCUT2D eigenvalue weighted by atomic mass is 10.2. The van der Waals surface area contributed by atoms with E-state index in [2.05, 4.69) is 15.5 Å². The van der Waals surface area contributed by atoms with Crippen molar-refractivity contribution in [1.29, 1.82) is 5.26 Å². The molecule has 2 aromatic carbocycles. The minimum Gasteiger partial charge on any atom is -0.390 e. The molecule has 5 nitrogen and oxygen atoms in total. The number of amides is 1. The summed E-state index contributed by atoms with van der Waals surface area (Å²) < 4.78 is 0. The zero-order chi connectivity index (χ0) is 19.5. The number of hydrogen-bond donors (Lipinski definition) is 2. The van der Waals surface area contributed by atoms with Crippen LogP contribution in [0.4, 0.5) is 5.69 Å². The van der Waals surface area contributed by atoms with E-state index >= 15 is 0 Å². The summed E-state index contributed by atoms with van der Waals surface area (Å²) in [6, 6.07) is 19.5. The van der Waals surface area contributed by atoms with Crippen molar-refractivity contribution >= 4 is 23.4 Å². The van der Waals surface area contributed by atoms with Crippen molar-refractivity contribution in [2.45, 2.75) is 16.2 Å². The average Bonchev–Trinajstić information content (AvgIpc) is 2.66. The topological polar surface area (TPSA) is 68.2 Å². The van der Waals surface area contributed by atoms with Crippen molar-refractivity contribution in [3.8, 4) is 6.07 Å². The highest BCUT2D eigenvalue weighted by Crippen LogP contribution is 2.33. The Bertz CT molecular complexity index is 812. The van der Waals surface area contributed by atoms with Crippen molar-refractivity contribution in [1.82, 2.24) is 10.2 Å². The molecule has 0 radical (unpaired) electrons. The minimum absolute atomic E-state index is 0.0550. The quantitative estimate of drug-likeness (QED) is 0.394. The standard InChI is InChI=1S/C21H24N4OS/c1-25(2)14-8-13-23-16-17(15-22)21(26)24-19-11-6-7-12-20(19)27-18-9-4-3-5-10-18/h3-7,9-12,16,23H,8,13-14H2,1-2H3,(H,24,26)/b17-16-. The normalized spacial score (nSPS) is 11.1. The SMILES string of the molecule is CN(C)CCCN/C=C(/C#N)C(=O)Nc1ccccc1Sc1ccccc1. The molecule has 0 spiro atoms. The third-order valence-corrected chi connectivity index (χ3v) is 4.73. The molecule has 0 bridgehead atoms. The van der Waals surface area contributed by atoms with Gasteiger partial charge in [0.15, 0.2) is 0 Å². The molecule has 0 unspecified atom stereocenters. The fourth-order valence-corrected chi connectivity index (χ4v) is 3.21. The van der Waals surface area contributed by atoms with Crippen molar-refractivity contribution < 1.29 is 4.79 Å². The predicted molar refractivity (Wildman–Crippen MR) is 111 cm³/mol. The van der Waals surface area contributed by atoms with Crippen molar-refractivity contribution in [2.75, 3.05) is 32.5 Å². The highest BCUT2D eigenvalue weighted by atomic mass is 32.2. The molecule has 0 fully saturated rings. The summed E-state index contributed by atoms with van der Waals surface area (Å²) in [6.07, 6.45) is 2.42. The number of nitrogens with one attached hydrogen (secondary N) is 2. The molecule has 6 heteroatoms. The predicted octanol–water partition coefficient (Wildman–Crippen LogP) is 3.73. The van der Waals surface area contributed by atoms with Gasteiger partial charge in [0, 0.05) is 22.5 Å². The molecule has 0 saturated heterocycles. The van der Waals surface area contributed by atoms with E-state index < -0.39 is 5.91 Å². The summed E-state index contributed by atoms with van der Waals surface area (Å²) in [4.78, 5) is 16.6. The molecule has 0 aliphatic carbocycles. The lowest BCUT2D eigenvalue weighted by Crippen LogP contribution is -2.20. The number of carbonyl (C=O) groups excluding carboxylic acids is 1. The van der Waals surface area contributed by atoms with Gasteiger partial charge in [0.05, 0.1) is 5.69 Å². The zero-order valence-corrected chi connectivity index (χ0v) is 16.4. The van der Waals surface area contributed by atoms with Crippen LogP contribution in [0.3, 0.4) is 0 Å². The van der Waals surface area contributed by atoms with Gasteiger partial charge in [-0.25, -0.2) is 0 Å². The van der Waals surface area contributed by atoms with E-state index in [9.17, 15) is 10.1 Å². The van der Waals surface area contributed by atoms with E-state index in [1.807, 2.05) is 74.8 Å². The maximum atomic E-state index is 12.5. The number of anilines is 1. The monoisotopic (exact) mass is 380 g/mol. The average molecular weight is 381 g/mol. The smallest absolute Gasteiger partial charge is 0.267 e. The molecule has 0 aromatic heterocycles. The highest BCUT2D eigenvalue weighted by molar-refractivity contribution is 7.99. The van der Waals surface area contributed by atoms with Crippen LogP contribution < -0.4 is 10.6 Å². The molecule has 0 aliphatic rings. The second kappa shape index (κ2) is 11.1. The van der Waals surface area contributed by atoms with Gasteiger partial charge in [0.1, 0.15) is 11.6 Å². The van der Waals surface area contributed by atoms with Gasteiger partial charge in [0.2, 0.25) is 0 Å². The molecule has 0 aliphatic heterocycles. The zero-order valence-electron chi connectivity index (χ0n) is 15.6. The lowest BCUT2D eigenvalue weighted by Gasteiger charge is -2.11. The summed E-state index contributed by atoms with van der Waals surface area (Å²) in [6.45, 7) is 1.65. The molecule has 1 amide bonds. The molecule has 2 N–H and O–H groups in total. The van der Waals surface area contributed by atoms with Crippen molar-refractivity contribution in [2.24, 2.45) is 0 Å². The summed E-state index contributed by atoms with van der Waals surface area (Å²) in [5.41, 5.74) is 0.740. The fraction of sp³-hybridized carbons (Fsp3) is 0.238.